The van der Waals surface area contributed by atoms with E-state index in [2.05, 4.69) is 12.2 Å². The predicted molar refractivity (Wildman–Crippen MR) is 77.9 cm³/mol. The van der Waals surface area contributed by atoms with Crippen LogP contribution in [0.3, 0.4) is 0 Å². The Balaban J connectivity index is 1.83. The van der Waals surface area contributed by atoms with Crippen molar-refractivity contribution < 1.29 is 14.3 Å². The largest absolute Gasteiger partial charge is 0.481 e. The highest BCUT2D eigenvalue weighted by Crippen LogP contribution is 2.19. The highest BCUT2D eigenvalue weighted by atomic mass is 16.5. The van der Waals surface area contributed by atoms with Crippen LogP contribution in [-0.4, -0.2) is 31.3 Å². The van der Waals surface area contributed by atoms with E-state index in [-0.39, 0.29) is 12.0 Å². The fourth-order valence-electron chi connectivity index (χ4n) is 2.32. The Morgan fingerprint density at radius 3 is 3.00 bits per heavy atom. The molecule has 1 N–H and O–H groups in total. The van der Waals surface area contributed by atoms with Gasteiger partial charge >= 0.3 is 0 Å². The molecule has 0 bridgehead atoms. The minimum absolute atomic E-state index is 0.0913. The van der Waals surface area contributed by atoms with Crippen molar-refractivity contribution >= 4 is 5.91 Å². The molecule has 1 aromatic carbocycles. The number of rotatable bonds is 6. The second kappa shape index (κ2) is 7.29. The molecule has 1 heterocycles. The molecule has 1 saturated heterocycles. The first kappa shape index (κ1) is 14.9. The second-order valence-electron chi connectivity index (χ2n) is 5.10. The lowest BCUT2D eigenvalue weighted by molar-refractivity contribution is -0.127. The molecular weight excluding hydrogens is 254 g/mol. The molecule has 2 atom stereocenters. The molecule has 1 aliphatic rings. The Labute approximate surface area is 120 Å². The van der Waals surface area contributed by atoms with Gasteiger partial charge in [-0.1, -0.05) is 25.1 Å². The van der Waals surface area contributed by atoms with Crippen molar-refractivity contribution in [3.8, 4) is 5.75 Å². The Morgan fingerprint density at radius 2 is 2.30 bits per heavy atom. The van der Waals surface area contributed by atoms with E-state index in [4.69, 9.17) is 9.47 Å². The first-order valence-electron chi connectivity index (χ1n) is 7.34. The van der Waals surface area contributed by atoms with Gasteiger partial charge in [0.25, 0.3) is 5.91 Å². The van der Waals surface area contributed by atoms with Crippen LogP contribution in [0.5, 0.6) is 5.75 Å². The van der Waals surface area contributed by atoms with Crippen molar-refractivity contribution in [2.45, 2.75) is 45.3 Å². The normalized spacial score (nSPS) is 19.6. The average molecular weight is 277 g/mol. The molecule has 0 saturated carbocycles. The number of hydrogen-bond acceptors (Lipinski definition) is 3. The van der Waals surface area contributed by atoms with E-state index in [1.165, 1.54) is 0 Å². The van der Waals surface area contributed by atoms with E-state index < -0.39 is 6.10 Å². The van der Waals surface area contributed by atoms with Crippen molar-refractivity contribution in [1.82, 2.24) is 5.32 Å². The number of ether oxygens (including phenoxy) is 2. The molecule has 0 aromatic heterocycles. The van der Waals surface area contributed by atoms with Crippen molar-refractivity contribution in [3.63, 3.8) is 0 Å². The fraction of sp³-hybridized carbons (Fsp3) is 0.562. The summed E-state index contributed by atoms with van der Waals surface area (Å²) in [5.74, 6) is 0.696. The third kappa shape index (κ3) is 3.97. The summed E-state index contributed by atoms with van der Waals surface area (Å²) in [5, 5.41) is 2.89. The van der Waals surface area contributed by atoms with Gasteiger partial charge < -0.3 is 14.8 Å². The molecule has 0 aliphatic carbocycles. The SMILES string of the molecule is CCc1ccccc1O[C@@H](C)C(=O)NC[C@@H]1CCCO1. The molecule has 20 heavy (non-hydrogen) atoms. The van der Waals surface area contributed by atoms with Gasteiger partial charge in [-0.3, -0.25) is 4.79 Å². The number of hydrogen-bond donors (Lipinski definition) is 1. The smallest absolute Gasteiger partial charge is 0.260 e. The van der Waals surface area contributed by atoms with Crippen LogP contribution in [-0.2, 0) is 16.0 Å². The predicted octanol–water partition coefficient (Wildman–Crippen LogP) is 2.31. The van der Waals surface area contributed by atoms with Gasteiger partial charge in [0, 0.05) is 13.2 Å². The van der Waals surface area contributed by atoms with E-state index in [1.54, 1.807) is 6.92 Å². The van der Waals surface area contributed by atoms with Crippen molar-refractivity contribution in [3.05, 3.63) is 29.8 Å². The summed E-state index contributed by atoms with van der Waals surface area (Å²) in [5.41, 5.74) is 1.12. The van der Waals surface area contributed by atoms with Crippen molar-refractivity contribution in [2.24, 2.45) is 0 Å². The molecule has 4 heteroatoms. The summed E-state index contributed by atoms with van der Waals surface area (Å²) in [6.45, 7) is 5.22. The van der Waals surface area contributed by atoms with E-state index in [0.717, 1.165) is 37.2 Å². The van der Waals surface area contributed by atoms with Crippen LogP contribution in [0.2, 0.25) is 0 Å². The van der Waals surface area contributed by atoms with Crippen LogP contribution in [0.1, 0.15) is 32.3 Å². The lowest BCUT2D eigenvalue weighted by Crippen LogP contribution is -2.40. The van der Waals surface area contributed by atoms with Crippen molar-refractivity contribution in [1.29, 1.82) is 0 Å². The van der Waals surface area contributed by atoms with Gasteiger partial charge in [0.1, 0.15) is 5.75 Å². The molecular formula is C16H23NO3. The zero-order chi connectivity index (χ0) is 14.4. The lowest BCUT2D eigenvalue weighted by atomic mass is 10.1. The maximum Gasteiger partial charge on any atom is 0.260 e. The van der Waals surface area contributed by atoms with E-state index >= 15 is 0 Å². The average Bonchev–Trinajstić information content (AvgIpc) is 2.98. The monoisotopic (exact) mass is 277 g/mol. The standard InChI is InChI=1S/C16H23NO3/c1-3-13-7-4-5-9-15(13)20-12(2)16(18)17-11-14-8-6-10-19-14/h4-5,7,9,12,14H,3,6,8,10-11H2,1-2H3,(H,17,18)/t12-,14-/m0/s1. The minimum Gasteiger partial charge on any atom is -0.481 e. The van der Waals surface area contributed by atoms with Crippen LogP contribution >= 0.6 is 0 Å². The van der Waals surface area contributed by atoms with Crippen LogP contribution < -0.4 is 10.1 Å². The van der Waals surface area contributed by atoms with Gasteiger partial charge in [0.05, 0.1) is 6.10 Å². The molecule has 110 valence electrons. The first-order chi connectivity index (χ1) is 9.70. The summed E-state index contributed by atoms with van der Waals surface area (Å²) < 4.78 is 11.2. The molecule has 0 radical (unpaired) electrons. The third-order valence-corrected chi connectivity index (χ3v) is 3.55. The summed E-state index contributed by atoms with van der Waals surface area (Å²) in [6, 6.07) is 7.83. The maximum atomic E-state index is 12.0. The summed E-state index contributed by atoms with van der Waals surface area (Å²) in [4.78, 5) is 12.0. The minimum atomic E-state index is -0.496. The van der Waals surface area contributed by atoms with E-state index in [1.807, 2.05) is 24.3 Å². The molecule has 1 fully saturated rings. The summed E-state index contributed by atoms with van der Waals surface area (Å²) in [7, 11) is 0. The highest BCUT2D eigenvalue weighted by molar-refractivity contribution is 5.80. The number of aryl methyl sites for hydroxylation is 1. The highest BCUT2D eigenvalue weighted by Gasteiger charge is 2.20. The number of carbonyl (C=O) groups excluding carboxylic acids is 1. The van der Waals surface area contributed by atoms with Crippen LogP contribution in [0.4, 0.5) is 0 Å². The zero-order valence-corrected chi connectivity index (χ0v) is 12.2. The number of nitrogens with one attached hydrogen (secondary N) is 1. The molecule has 1 aromatic rings. The Bertz CT molecular complexity index is 441. The molecule has 0 spiro atoms. The summed E-state index contributed by atoms with van der Waals surface area (Å²) >= 11 is 0. The quantitative estimate of drug-likeness (QED) is 0.868. The Hall–Kier alpha value is -1.55. The van der Waals surface area contributed by atoms with E-state index in [0.29, 0.717) is 6.54 Å². The lowest BCUT2D eigenvalue weighted by Gasteiger charge is -2.18. The summed E-state index contributed by atoms with van der Waals surface area (Å²) in [6.07, 6.45) is 2.66. The van der Waals surface area contributed by atoms with Crippen LogP contribution in [0.15, 0.2) is 24.3 Å². The maximum absolute atomic E-state index is 12.0. The first-order valence-corrected chi connectivity index (χ1v) is 7.34. The van der Waals surface area contributed by atoms with Gasteiger partial charge in [-0.25, -0.2) is 0 Å². The molecule has 1 amide bonds. The molecule has 4 nitrogen and oxygen atoms in total. The number of carbonyl (C=O) groups is 1. The van der Waals surface area contributed by atoms with Gasteiger partial charge in [-0.2, -0.15) is 0 Å². The molecule has 2 rings (SSSR count). The Kier molecular flexibility index (Phi) is 5.41. The van der Waals surface area contributed by atoms with Crippen molar-refractivity contribution in [2.75, 3.05) is 13.2 Å². The van der Waals surface area contributed by atoms with Crippen LogP contribution in [0.25, 0.3) is 0 Å². The van der Waals surface area contributed by atoms with Gasteiger partial charge in [-0.05, 0) is 37.8 Å². The Morgan fingerprint density at radius 1 is 1.50 bits per heavy atom. The van der Waals surface area contributed by atoms with Gasteiger partial charge in [-0.15, -0.1) is 0 Å². The topological polar surface area (TPSA) is 47.6 Å². The third-order valence-electron chi connectivity index (χ3n) is 3.55. The zero-order valence-electron chi connectivity index (χ0n) is 12.2. The molecule has 0 unspecified atom stereocenters. The number of benzene rings is 1. The molecule has 1 aliphatic heterocycles. The number of para-hydroxylation sites is 1. The van der Waals surface area contributed by atoms with Gasteiger partial charge in [0.15, 0.2) is 6.10 Å². The van der Waals surface area contributed by atoms with Gasteiger partial charge in [0.2, 0.25) is 0 Å². The second-order valence-corrected chi connectivity index (χ2v) is 5.10. The van der Waals surface area contributed by atoms with E-state index in [9.17, 15) is 4.79 Å². The number of amides is 1. The fourth-order valence-corrected chi connectivity index (χ4v) is 2.32. The van der Waals surface area contributed by atoms with Crippen LogP contribution in [0, 0.1) is 0 Å².